The van der Waals surface area contributed by atoms with E-state index in [-0.39, 0.29) is 0 Å². The van der Waals surface area contributed by atoms with Gasteiger partial charge in [-0.2, -0.15) is 4.98 Å². The highest BCUT2D eigenvalue weighted by molar-refractivity contribution is 7.18. The first-order chi connectivity index (χ1) is 9.86. The van der Waals surface area contributed by atoms with Crippen LogP contribution in [-0.4, -0.2) is 49.4 Å². The summed E-state index contributed by atoms with van der Waals surface area (Å²) >= 11 is 1.78. The summed E-state index contributed by atoms with van der Waals surface area (Å²) in [6.07, 6.45) is 2.75. The van der Waals surface area contributed by atoms with Gasteiger partial charge in [-0.1, -0.05) is 6.92 Å². The van der Waals surface area contributed by atoms with Crippen LogP contribution in [-0.2, 0) is 11.2 Å². The van der Waals surface area contributed by atoms with E-state index in [1.807, 2.05) is 0 Å². The highest BCUT2D eigenvalue weighted by Crippen LogP contribution is 2.26. The molecule has 2 aromatic heterocycles. The second-order valence-electron chi connectivity index (χ2n) is 5.15. The van der Waals surface area contributed by atoms with Gasteiger partial charge in [0.25, 0.3) is 0 Å². The average Bonchev–Trinajstić information content (AvgIpc) is 2.92. The molecule has 6 heteroatoms. The predicted octanol–water partition coefficient (Wildman–Crippen LogP) is -0.636. The quantitative estimate of drug-likeness (QED) is 0.771. The van der Waals surface area contributed by atoms with Crippen LogP contribution in [0.5, 0.6) is 0 Å². The van der Waals surface area contributed by atoms with Crippen molar-refractivity contribution in [2.24, 2.45) is 0 Å². The van der Waals surface area contributed by atoms with Crippen molar-refractivity contribution in [3.63, 3.8) is 0 Å². The van der Waals surface area contributed by atoms with E-state index in [1.54, 1.807) is 22.6 Å². The second-order valence-corrected chi connectivity index (χ2v) is 6.26. The normalized spacial score (nSPS) is 16.9. The molecule has 108 valence electrons. The molecule has 0 bridgehead atoms. The number of ether oxygens (including phenoxy) is 1. The molecule has 0 unspecified atom stereocenters. The molecule has 5 nitrogen and oxygen atoms in total. The molecular weight excluding hydrogens is 272 g/mol. The maximum atomic E-state index is 5.39. The minimum absolute atomic E-state index is 0.900. The molecule has 0 amide bonds. The fourth-order valence-corrected chi connectivity index (χ4v) is 3.53. The third-order valence-electron chi connectivity index (χ3n) is 3.80. The van der Waals surface area contributed by atoms with E-state index in [1.165, 1.54) is 16.8 Å². The van der Waals surface area contributed by atoms with Gasteiger partial charge in [-0.15, -0.1) is 11.3 Å². The van der Waals surface area contributed by atoms with E-state index in [9.17, 15) is 0 Å². The maximum Gasteiger partial charge on any atom is 0.236 e. The van der Waals surface area contributed by atoms with Gasteiger partial charge in [0, 0.05) is 4.88 Å². The van der Waals surface area contributed by atoms with Gasteiger partial charge in [0.15, 0.2) is 0 Å². The van der Waals surface area contributed by atoms with E-state index in [2.05, 4.69) is 28.3 Å². The van der Waals surface area contributed by atoms with Gasteiger partial charge in [0.05, 0.1) is 18.6 Å². The fraction of sp³-hybridized carbons (Fsp3) is 0.571. The first-order valence-electron chi connectivity index (χ1n) is 7.34. The number of quaternary nitrogens is 2. The molecule has 20 heavy (non-hydrogen) atoms. The molecule has 3 heterocycles. The third kappa shape index (κ3) is 3.15. The number of fused-ring (bicyclic) bond motifs is 1. The van der Waals surface area contributed by atoms with Gasteiger partial charge >= 0.3 is 0 Å². The molecule has 2 aromatic rings. The molecule has 0 saturated carbocycles. The monoisotopic (exact) mass is 294 g/mol. The summed E-state index contributed by atoms with van der Waals surface area (Å²) in [6, 6.07) is 2.24. The number of nitrogens with zero attached hydrogens (tertiary/aromatic N) is 2. The molecular formula is C14H22N4OS+2. The van der Waals surface area contributed by atoms with Gasteiger partial charge in [-0.3, -0.25) is 5.32 Å². The Morgan fingerprint density at radius 3 is 3.00 bits per heavy atom. The van der Waals surface area contributed by atoms with Crippen LogP contribution in [0.4, 0.5) is 5.82 Å². The van der Waals surface area contributed by atoms with Crippen molar-refractivity contribution >= 4 is 27.4 Å². The number of morpholine rings is 1. The highest BCUT2D eigenvalue weighted by atomic mass is 32.1. The number of hydrogen-bond donors (Lipinski definition) is 2. The minimum atomic E-state index is 0.900. The summed E-state index contributed by atoms with van der Waals surface area (Å²) in [5, 5.41) is 3.48. The molecule has 0 radical (unpaired) electrons. The Hall–Kier alpha value is -1.08. The minimum Gasteiger partial charge on any atom is -0.370 e. The number of nitrogens with one attached hydrogen (secondary N) is 1. The lowest BCUT2D eigenvalue weighted by molar-refractivity contribution is -0.916. The molecule has 1 aliphatic rings. The molecule has 0 aliphatic carbocycles. The third-order valence-corrected chi connectivity index (χ3v) is 4.98. The van der Waals surface area contributed by atoms with Gasteiger partial charge in [-0.05, 0) is 12.5 Å². The van der Waals surface area contributed by atoms with Gasteiger partial charge in [0.2, 0.25) is 5.82 Å². The zero-order chi connectivity index (χ0) is 13.8. The topological polar surface area (TPSA) is 56.1 Å². The summed E-state index contributed by atoms with van der Waals surface area (Å²) in [5.74, 6) is 1.10. The van der Waals surface area contributed by atoms with Gasteiger partial charge in [0.1, 0.15) is 37.3 Å². The van der Waals surface area contributed by atoms with Crippen molar-refractivity contribution in [1.82, 2.24) is 9.97 Å². The molecule has 1 fully saturated rings. The zero-order valence-electron chi connectivity index (χ0n) is 11.9. The molecule has 1 aliphatic heterocycles. The summed E-state index contributed by atoms with van der Waals surface area (Å²) in [6.45, 7) is 8.48. The Balaban J connectivity index is 1.63. The number of nitrogens with two attached hydrogens (primary N) is 1. The highest BCUT2D eigenvalue weighted by Gasteiger charge is 2.15. The van der Waals surface area contributed by atoms with Gasteiger partial charge < -0.3 is 9.64 Å². The molecule has 0 spiro atoms. The fourth-order valence-electron chi connectivity index (χ4n) is 2.58. The summed E-state index contributed by atoms with van der Waals surface area (Å²) in [4.78, 5) is 12.9. The smallest absolute Gasteiger partial charge is 0.236 e. The Labute approximate surface area is 123 Å². The van der Waals surface area contributed by atoms with Crippen molar-refractivity contribution in [1.29, 1.82) is 0 Å². The number of aryl methyl sites for hydroxylation is 1. The van der Waals surface area contributed by atoms with Crippen LogP contribution in [0.3, 0.4) is 0 Å². The van der Waals surface area contributed by atoms with Gasteiger partial charge in [-0.25, -0.2) is 4.98 Å². The van der Waals surface area contributed by atoms with Crippen molar-refractivity contribution in [3.8, 4) is 0 Å². The van der Waals surface area contributed by atoms with E-state index in [0.29, 0.717) is 0 Å². The number of hydrogen-bond acceptors (Lipinski definition) is 4. The largest absolute Gasteiger partial charge is 0.370 e. The lowest BCUT2D eigenvalue weighted by atomic mass is 10.3. The van der Waals surface area contributed by atoms with Crippen molar-refractivity contribution < 1.29 is 15.0 Å². The molecule has 1 saturated heterocycles. The predicted molar refractivity (Wildman–Crippen MR) is 79.6 cm³/mol. The van der Waals surface area contributed by atoms with Crippen LogP contribution in [0.1, 0.15) is 11.8 Å². The maximum absolute atomic E-state index is 5.39. The first-order valence-corrected chi connectivity index (χ1v) is 8.16. The Morgan fingerprint density at radius 1 is 1.35 bits per heavy atom. The van der Waals surface area contributed by atoms with E-state index >= 15 is 0 Å². The zero-order valence-corrected chi connectivity index (χ0v) is 12.7. The Bertz CT molecular complexity index is 565. The number of thiophene rings is 1. The molecule has 0 atom stereocenters. The molecule has 0 aromatic carbocycles. The number of aromatic nitrogens is 2. The van der Waals surface area contributed by atoms with Crippen LogP contribution in [0, 0.1) is 0 Å². The first kappa shape index (κ1) is 13.9. The SMILES string of the molecule is CCc1cc2c([NH2+]CC[NH+]3CCOCC3)ncnc2s1. The molecule has 3 N–H and O–H groups in total. The van der Waals surface area contributed by atoms with E-state index in [0.717, 1.165) is 49.9 Å². The molecule has 3 rings (SSSR count). The lowest BCUT2D eigenvalue weighted by Crippen LogP contribution is -3.16. The van der Waals surface area contributed by atoms with E-state index in [4.69, 9.17) is 4.74 Å². The van der Waals surface area contributed by atoms with Crippen LogP contribution in [0.15, 0.2) is 12.4 Å². The van der Waals surface area contributed by atoms with Crippen molar-refractivity contribution in [2.75, 3.05) is 39.4 Å². The average molecular weight is 294 g/mol. The Kier molecular flexibility index (Phi) is 4.57. The van der Waals surface area contributed by atoms with Crippen molar-refractivity contribution in [2.45, 2.75) is 13.3 Å². The van der Waals surface area contributed by atoms with E-state index < -0.39 is 0 Å². The number of rotatable bonds is 5. The van der Waals surface area contributed by atoms with Crippen LogP contribution >= 0.6 is 11.3 Å². The van der Waals surface area contributed by atoms with Crippen molar-refractivity contribution in [3.05, 3.63) is 17.3 Å². The summed E-state index contributed by atoms with van der Waals surface area (Å²) in [5.41, 5.74) is 0. The second kappa shape index (κ2) is 6.58. The van der Waals surface area contributed by atoms with Crippen LogP contribution in [0.25, 0.3) is 10.2 Å². The lowest BCUT2D eigenvalue weighted by Gasteiger charge is -2.22. The Morgan fingerprint density at radius 2 is 2.20 bits per heavy atom. The standard InChI is InChI=1S/C14H20N4OS/c1-2-11-9-12-13(16-10-17-14(12)20-11)15-3-4-18-5-7-19-8-6-18/h9-10H,2-8H2,1H3,(H,15,16,17)/p+2. The van der Waals surface area contributed by atoms with Crippen LogP contribution < -0.4 is 10.2 Å². The van der Waals surface area contributed by atoms with Crippen LogP contribution in [0.2, 0.25) is 0 Å². The summed E-state index contributed by atoms with van der Waals surface area (Å²) in [7, 11) is 0. The summed E-state index contributed by atoms with van der Waals surface area (Å²) < 4.78 is 5.39.